The van der Waals surface area contributed by atoms with Gasteiger partial charge >= 0.3 is 5.97 Å². The van der Waals surface area contributed by atoms with Crippen LogP contribution in [0.15, 0.2) is 103 Å². The number of aromatic nitrogens is 1. The number of rotatable bonds is 6. The molecule has 2 aliphatic rings. The van der Waals surface area contributed by atoms with E-state index in [1.165, 1.54) is 15.9 Å². The summed E-state index contributed by atoms with van der Waals surface area (Å²) < 4.78 is 8.25. The number of thioether (sulfide) groups is 1. The molecular formula is C33H28BrN3O4S2. The van der Waals surface area contributed by atoms with E-state index in [0.717, 1.165) is 26.2 Å². The van der Waals surface area contributed by atoms with Crippen LogP contribution in [0.1, 0.15) is 43.5 Å². The zero-order valence-electron chi connectivity index (χ0n) is 24.0. The third-order valence-electron chi connectivity index (χ3n) is 7.38. The summed E-state index contributed by atoms with van der Waals surface area (Å²) in [7, 11) is 0. The lowest BCUT2D eigenvalue weighted by Gasteiger charge is -2.25. The Bertz CT molecular complexity index is 1980. The summed E-state index contributed by atoms with van der Waals surface area (Å²) in [5.74, 6) is -0.772. The molecule has 2 aliphatic heterocycles. The lowest BCUT2D eigenvalue weighted by Crippen LogP contribution is -2.41. The molecule has 3 aromatic carbocycles. The van der Waals surface area contributed by atoms with Crippen molar-refractivity contribution in [2.45, 2.75) is 44.4 Å². The number of carbonyl (C=O) groups excluding carboxylic acids is 2. The van der Waals surface area contributed by atoms with Crippen LogP contribution in [0.5, 0.6) is 0 Å². The summed E-state index contributed by atoms with van der Waals surface area (Å²) in [5.41, 5.74) is 3.89. The highest BCUT2D eigenvalue weighted by Crippen LogP contribution is 2.38. The molecule has 3 heterocycles. The molecule has 4 aromatic rings. The first kappa shape index (κ1) is 29.3. The van der Waals surface area contributed by atoms with Gasteiger partial charge in [-0.15, -0.1) is 11.8 Å². The largest absolute Gasteiger partial charge is 0.459 e. The van der Waals surface area contributed by atoms with Crippen molar-refractivity contribution in [3.8, 4) is 0 Å². The van der Waals surface area contributed by atoms with Gasteiger partial charge in [-0.3, -0.25) is 14.2 Å². The highest BCUT2D eigenvalue weighted by molar-refractivity contribution is 9.10. The molecule has 0 fully saturated rings. The minimum absolute atomic E-state index is 0.252. The van der Waals surface area contributed by atoms with Gasteiger partial charge in [-0.05, 0) is 68.5 Å². The van der Waals surface area contributed by atoms with Gasteiger partial charge in [0, 0.05) is 14.9 Å². The van der Waals surface area contributed by atoms with Crippen LogP contribution in [0, 0.1) is 0 Å². The maximum atomic E-state index is 14.4. The third kappa shape index (κ3) is 5.32. The van der Waals surface area contributed by atoms with Crippen LogP contribution in [0.3, 0.4) is 0 Å². The molecule has 0 spiro atoms. The first-order chi connectivity index (χ1) is 20.7. The predicted molar refractivity (Wildman–Crippen MR) is 174 cm³/mol. The monoisotopic (exact) mass is 673 g/mol. The van der Waals surface area contributed by atoms with Crippen molar-refractivity contribution in [3.05, 3.63) is 125 Å². The Hall–Kier alpha value is -3.73. The molecule has 0 N–H and O–H groups in total. The smallest absolute Gasteiger partial charge is 0.338 e. The van der Waals surface area contributed by atoms with Crippen molar-refractivity contribution in [2.24, 2.45) is 4.99 Å². The van der Waals surface area contributed by atoms with Gasteiger partial charge in [0.05, 0.1) is 41.2 Å². The number of carbonyl (C=O) groups is 2. The van der Waals surface area contributed by atoms with Crippen LogP contribution in [-0.4, -0.2) is 28.8 Å². The fourth-order valence-corrected chi connectivity index (χ4v) is 7.36. The van der Waals surface area contributed by atoms with Crippen LogP contribution in [0.25, 0.3) is 5.57 Å². The topological polar surface area (TPSA) is 81.0 Å². The van der Waals surface area contributed by atoms with Crippen LogP contribution < -0.4 is 19.8 Å². The molecule has 218 valence electrons. The Kier molecular flexibility index (Phi) is 8.02. The Morgan fingerprint density at radius 2 is 1.79 bits per heavy atom. The average molecular weight is 675 g/mol. The minimum Gasteiger partial charge on any atom is -0.459 e. The summed E-state index contributed by atoms with van der Waals surface area (Å²) in [6.45, 7) is 5.70. The standard InChI is InChI=1S/C33H28BrN3O4S2/c1-18(2)41-32(40)26-19(3)35-33-37(28(26)21-10-13-23(42-4)14-11-21)31(39)29(43-33)27-24-16-22(34)12-15-25(24)36(30(27)38)17-20-8-6-5-7-9-20/h5-16,18,28H,17H2,1-4H3/b29-27+/t28-/m1/s1. The van der Waals surface area contributed by atoms with Crippen molar-refractivity contribution >= 4 is 62.2 Å². The summed E-state index contributed by atoms with van der Waals surface area (Å²) in [6.07, 6.45) is 1.64. The second-order valence-electron chi connectivity index (χ2n) is 10.5. The Balaban J connectivity index is 1.58. The quantitative estimate of drug-likeness (QED) is 0.197. The molecule has 1 aromatic heterocycles. The van der Waals surface area contributed by atoms with E-state index in [1.54, 1.807) is 37.4 Å². The van der Waals surface area contributed by atoms with E-state index in [1.807, 2.05) is 79.1 Å². The lowest BCUT2D eigenvalue weighted by atomic mass is 9.96. The first-order valence-electron chi connectivity index (χ1n) is 13.7. The Morgan fingerprint density at radius 1 is 1.07 bits per heavy atom. The van der Waals surface area contributed by atoms with E-state index < -0.39 is 12.0 Å². The lowest BCUT2D eigenvalue weighted by molar-refractivity contribution is -0.143. The van der Waals surface area contributed by atoms with Crippen molar-refractivity contribution in [3.63, 3.8) is 0 Å². The van der Waals surface area contributed by atoms with E-state index in [-0.39, 0.29) is 22.1 Å². The number of esters is 1. The normalized spacial score (nSPS) is 17.2. The average Bonchev–Trinajstić information content (AvgIpc) is 3.44. The SMILES string of the molecule is CSc1ccc([C@@H]2C(C(=O)OC(C)C)=C(C)N=c3s/c(=C4/C(=O)N(Cc5ccccc5)c5ccc(Br)cc54)c(=O)n32)cc1. The van der Waals surface area contributed by atoms with E-state index in [9.17, 15) is 14.4 Å². The number of fused-ring (bicyclic) bond motifs is 2. The van der Waals surface area contributed by atoms with Gasteiger partial charge in [0.1, 0.15) is 4.53 Å². The maximum absolute atomic E-state index is 14.4. The second-order valence-corrected chi connectivity index (χ2v) is 13.3. The molecule has 0 bridgehead atoms. The number of hydrogen-bond acceptors (Lipinski definition) is 7. The molecule has 43 heavy (non-hydrogen) atoms. The van der Waals surface area contributed by atoms with Crippen LogP contribution in [0.4, 0.5) is 5.69 Å². The third-order valence-corrected chi connectivity index (χ3v) is 9.67. The summed E-state index contributed by atoms with van der Waals surface area (Å²) >= 11 is 6.33. The van der Waals surface area contributed by atoms with Crippen molar-refractivity contribution in [1.82, 2.24) is 4.57 Å². The van der Waals surface area contributed by atoms with Crippen LogP contribution in [0.2, 0.25) is 0 Å². The van der Waals surface area contributed by atoms with Gasteiger partial charge in [0.25, 0.3) is 11.5 Å². The van der Waals surface area contributed by atoms with Crippen LogP contribution in [-0.2, 0) is 20.9 Å². The van der Waals surface area contributed by atoms with Gasteiger partial charge in [-0.2, -0.15) is 0 Å². The zero-order valence-corrected chi connectivity index (χ0v) is 27.2. The summed E-state index contributed by atoms with van der Waals surface area (Å²) in [4.78, 5) is 49.9. The molecule has 1 atom stereocenters. The molecule has 0 radical (unpaired) electrons. The highest BCUT2D eigenvalue weighted by atomic mass is 79.9. The van der Waals surface area contributed by atoms with E-state index in [4.69, 9.17) is 9.73 Å². The number of anilines is 1. The number of benzene rings is 3. The first-order valence-corrected chi connectivity index (χ1v) is 16.6. The fourth-order valence-electron chi connectivity index (χ4n) is 5.46. The number of halogens is 1. The molecule has 0 aliphatic carbocycles. The van der Waals surface area contributed by atoms with Crippen LogP contribution >= 0.6 is 39.0 Å². The number of amides is 1. The molecule has 1 amide bonds. The van der Waals surface area contributed by atoms with Gasteiger partial charge in [-0.25, -0.2) is 9.79 Å². The van der Waals surface area contributed by atoms with E-state index in [0.29, 0.717) is 33.8 Å². The number of allylic oxidation sites excluding steroid dienone is 1. The van der Waals surface area contributed by atoms with Gasteiger partial charge in [0.15, 0.2) is 4.80 Å². The predicted octanol–water partition coefficient (Wildman–Crippen LogP) is 5.59. The molecule has 10 heteroatoms. The molecule has 0 unspecified atom stereocenters. The van der Waals surface area contributed by atoms with Crippen molar-refractivity contribution in [2.75, 3.05) is 11.2 Å². The fraction of sp³-hybridized carbons (Fsp3) is 0.212. The number of thiazole rings is 1. The Morgan fingerprint density at radius 3 is 2.47 bits per heavy atom. The number of nitrogens with zero attached hydrogens (tertiary/aromatic N) is 3. The Labute approximate surface area is 265 Å². The van der Waals surface area contributed by atoms with Crippen molar-refractivity contribution in [1.29, 1.82) is 0 Å². The second kappa shape index (κ2) is 11.7. The van der Waals surface area contributed by atoms with Gasteiger partial charge in [0.2, 0.25) is 0 Å². The minimum atomic E-state index is -0.758. The molecular weight excluding hydrogens is 646 g/mol. The van der Waals surface area contributed by atoms with E-state index in [2.05, 4.69) is 15.9 Å². The molecule has 0 saturated heterocycles. The molecule has 7 nitrogen and oxygen atoms in total. The number of hydrogen-bond donors (Lipinski definition) is 0. The molecule has 0 saturated carbocycles. The maximum Gasteiger partial charge on any atom is 0.338 e. The van der Waals surface area contributed by atoms with Crippen molar-refractivity contribution < 1.29 is 14.3 Å². The van der Waals surface area contributed by atoms with Gasteiger partial charge in [-0.1, -0.05) is 69.7 Å². The zero-order chi connectivity index (χ0) is 30.4. The molecule has 6 rings (SSSR count). The van der Waals surface area contributed by atoms with Gasteiger partial charge < -0.3 is 9.64 Å². The highest BCUT2D eigenvalue weighted by Gasteiger charge is 2.37. The number of ether oxygens (including phenoxy) is 1. The summed E-state index contributed by atoms with van der Waals surface area (Å²) in [6, 6.07) is 22.4. The van der Waals surface area contributed by atoms with E-state index >= 15 is 0 Å². The summed E-state index contributed by atoms with van der Waals surface area (Å²) in [5, 5.41) is 0.